The van der Waals surface area contributed by atoms with Crippen LogP contribution in [0.2, 0.25) is 0 Å². The molecule has 1 heterocycles. The highest BCUT2D eigenvalue weighted by atomic mass is 16.5. The summed E-state index contributed by atoms with van der Waals surface area (Å²) in [5.74, 6) is -0.398. The van der Waals surface area contributed by atoms with Gasteiger partial charge in [0.2, 0.25) is 0 Å². The molecule has 1 fully saturated rings. The van der Waals surface area contributed by atoms with Gasteiger partial charge in [-0.3, -0.25) is 0 Å². The van der Waals surface area contributed by atoms with Gasteiger partial charge in [-0.2, -0.15) is 0 Å². The van der Waals surface area contributed by atoms with Crippen molar-refractivity contribution >= 4 is 11.7 Å². The quantitative estimate of drug-likeness (QED) is 0.836. The first-order valence-electron chi connectivity index (χ1n) is 6.31. The number of ether oxygens (including phenoxy) is 1. The van der Waals surface area contributed by atoms with E-state index >= 15 is 0 Å². The van der Waals surface area contributed by atoms with E-state index in [1.807, 2.05) is 6.07 Å². The fourth-order valence-corrected chi connectivity index (χ4v) is 2.53. The zero-order chi connectivity index (χ0) is 13.2. The normalized spacial score (nSPS) is 21.6. The van der Waals surface area contributed by atoms with Gasteiger partial charge in [-0.15, -0.1) is 0 Å². The molecule has 0 aliphatic heterocycles. The smallest absolute Gasteiger partial charge is 0.356 e. The van der Waals surface area contributed by atoms with E-state index in [2.05, 4.69) is 28.9 Å². The van der Waals surface area contributed by atoms with Crippen molar-refractivity contribution in [2.24, 2.45) is 5.41 Å². The van der Waals surface area contributed by atoms with Crippen molar-refractivity contribution in [2.45, 2.75) is 39.2 Å². The number of hydrogen-bond donors (Lipinski definition) is 1. The summed E-state index contributed by atoms with van der Waals surface area (Å²) < 4.78 is 4.67. The molecule has 0 aromatic carbocycles. The molecule has 0 amide bonds. The van der Waals surface area contributed by atoms with Crippen LogP contribution in [0.4, 0.5) is 5.69 Å². The maximum absolute atomic E-state index is 11.4. The van der Waals surface area contributed by atoms with Gasteiger partial charge in [0.25, 0.3) is 0 Å². The summed E-state index contributed by atoms with van der Waals surface area (Å²) in [7, 11) is 1.36. The van der Waals surface area contributed by atoms with E-state index < -0.39 is 5.97 Å². The van der Waals surface area contributed by atoms with Gasteiger partial charge in [0.05, 0.1) is 7.11 Å². The van der Waals surface area contributed by atoms with Crippen LogP contribution in [0.5, 0.6) is 0 Å². The number of pyridine rings is 1. The third kappa shape index (κ3) is 3.00. The molecule has 2 rings (SSSR count). The molecule has 0 bridgehead atoms. The number of carbonyl (C=O) groups excluding carboxylic acids is 1. The highest BCUT2D eigenvalue weighted by molar-refractivity contribution is 5.88. The first-order valence-corrected chi connectivity index (χ1v) is 6.31. The number of nitrogens with one attached hydrogen (secondary N) is 1. The highest BCUT2D eigenvalue weighted by Gasteiger charge is 2.30. The van der Waals surface area contributed by atoms with Crippen molar-refractivity contribution in [3.05, 3.63) is 24.0 Å². The van der Waals surface area contributed by atoms with E-state index in [4.69, 9.17) is 0 Å². The van der Waals surface area contributed by atoms with Crippen molar-refractivity contribution < 1.29 is 9.53 Å². The number of hydrogen-bond acceptors (Lipinski definition) is 4. The molecule has 0 radical (unpaired) electrons. The third-order valence-electron chi connectivity index (χ3n) is 3.49. The predicted molar refractivity (Wildman–Crippen MR) is 70.6 cm³/mol. The largest absolute Gasteiger partial charge is 0.464 e. The minimum atomic E-state index is -0.398. The second kappa shape index (κ2) is 4.96. The van der Waals surface area contributed by atoms with Gasteiger partial charge in [-0.1, -0.05) is 13.8 Å². The number of anilines is 1. The Morgan fingerprint density at radius 1 is 1.56 bits per heavy atom. The van der Waals surface area contributed by atoms with E-state index in [9.17, 15) is 4.79 Å². The van der Waals surface area contributed by atoms with Crippen molar-refractivity contribution in [3.8, 4) is 0 Å². The summed E-state index contributed by atoms with van der Waals surface area (Å²) in [5, 5.41) is 3.47. The lowest BCUT2D eigenvalue weighted by Crippen LogP contribution is -2.18. The van der Waals surface area contributed by atoms with Crippen molar-refractivity contribution in [1.29, 1.82) is 0 Å². The molecule has 0 spiro atoms. The van der Waals surface area contributed by atoms with Crippen molar-refractivity contribution in [3.63, 3.8) is 0 Å². The number of rotatable bonds is 3. The van der Waals surface area contributed by atoms with Crippen LogP contribution < -0.4 is 5.32 Å². The Balaban J connectivity index is 2.04. The molecule has 98 valence electrons. The Morgan fingerprint density at radius 3 is 2.94 bits per heavy atom. The van der Waals surface area contributed by atoms with Gasteiger partial charge in [0.1, 0.15) is 5.69 Å². The first-order chi connectivity index (χ1) is 8.50. The zero-order valence-electron chi connectivity index (χ0n) is 11.2. The lowest BCUT2D eigenvalue weighted by atomic mass is 9.92. The van der Waals surface area contributed by atoms with Crippen LogP contribution >= 0.6 is 0 Å². The van der Waals surface area contributed by atoms with Crippen molar-refractivity contribution in [2.75, 3.05) is 12.4 Å². The Morgan fingerprint density at radius 2 is 2.33 bits per heavy atom. The Hall–Kier alpha value is -1.58. The molecule has 4 nitrogen and oxygen atoms in total. The fraction of sp³-hybridized carbons (Fsp3) is 0.571. The van der Waals surface area contributed by atoms with E-state index in [-0.39, 0.29) is 0 Å². The molecule has 1 aliphatic rings. The molecule has 1 N–H and O–H groups in total. The van der Waals surface area contributed by atoms with Crippen LogP contribution in [0.1, 0.15) is 43.6 Å². The van der Waals surface area contributed by atoms with Gasteiger partial charge in [-0.25, -0.2) is 9.78 Å². The Kier molecular flexibility index (Phi) is 3.55. The monoisotopic (exact) mass is 248 g/mol. The zero-order valence-corrected chi connectivity index (χ0v) is 11.2. The van der Waals surface area contributed by atoms with Crippen LogP contribution in [0.25, 0.3) is 0 Å². The first kappa shape index (κ1) is 12.9. The predicted octanol–water partition coefficient (Wildman–Crippen LogP) is 2.86. The SMILES string of the molecule is COC(=O)c1cc(NC2CCC(C)(C)C2)ccn1. The van der Waals surface area contributed by atoms with E-state index in [0.717, 1.165) is 12.1 Å². The number of methoxy groups -OCH3 is 1. The van der Waals surface area contributed by atoms with Crippen LogP contribution in [0.3, 0.4) is 0 Å². The molecule has 1 atom stereocenters. The third-order valence-corrected chi connectivity index (χ3v) is 3.49. The summed E-state index contributed by atoms with van der Waals surface area (Å²) in [6, 6.07) is 4.11. The highest BCUT2D eigenvalue weighted by Crippen LogP contribution is 2.38. The van der Waals surface area contributed by atoms with Crippen LogP contribution in [0, 0.1) is 5.41 Å². The summed E-state index contributed by atoms with van der Waals surface area (Å²) in [4.78, 5) is 15.4. The number of nitrogens with zero attached hydrogens (tertiary/aromatic N) is 1. The molecule has 1 unspecified atom stereocenters. The molecule has 1 aliphatic carbocycles. The fourth-order valence-electron chi connectivity index (χ4n) is 2.53. The average molecular weight is 248 g/mol. The number of carbonyl (C=O) groups is 1. The maximum atomic E-state index is 11.4. The summed E-state index contributed by atoms with van der Waals surface area (Å²) in [5.41, 5.74) is 1.70. The van der Waals surface area contributed by atoms with E-state index in [1.165, 1.54) is 20.0 Å². The molecule has 4 heteroatoms. The number of esters is 1. The van der Waals surface area contributed by atoms with Crippen molar-refractivity contribution in [1.82, 2.24) is 4.98 Å². The minimum absolute atomic E-state index is 0.347. The summed E-state index contributed by atoms with van der Waals surface area (Å²) in [6.45, 7) is 4.59. The molecule has 1 aromatic rings. The lowest BCUT2D eigenvalue weighted by Gasteiger charge is -2.18. The second-order valence-corrected chi connectivity index (χ2v) is 5.67. The van der Waals surface area contributed by atoms with Crippen LogP contribution in [-0.2, 0) is 4.74 Å². The summed E-state index contributed by atoms with van der Waals surface area (Å²) in [6.07, 6.45) is 5.19. The standard InChI is InChI=1S/C14H20N2O2/c1-14(2)6-4-11(9-14)16-10-5-7-15-12(8-10)13(17)18-3/h5,7-8,11H,4,6,9H2,1-3H3,(H,15,16). The topological polar surface area (TPSA) is 51.2 Å². The van der Waals surface area contributed by atoms with Gasteiger partial charge < -0.3 is 10.1 Å². The molecule has 18 heavy (non-hydrogen) atoms. The molecule has 1 aromatic heterocycles. The van der Waals surface area contributed by atoms with Gasteiger partial charge >= 0.3 is 5.97 Å². The van der Waals surface area contributed by atoms with Crippen LogP contribution in [-0.4, -0.2) is 24.1 Å². The molecule has 1 saturated carbocycles. The van der Waals surface area contributed by atoms with E-state index in [0.29, 0.717) is 17.2 Å². The van der Waals surface area contributed by atoms with E-state index in [1.54, 1.807) is 12.3 Å². The number of aromatic nitrogens is 1. The minimum Gasteiger partial charge on any atom is -0.464 e. The van der Waals surface area contributed by atoms with Gasteiger partial charge in [0.15, 0.2) is 0 Å². The lowest BCUT2D eigenvalue weighted by molar-refractivity contribution is 0.0594. The maximum Gasteiger partial charge on any atom is 0.356 e. The van der Waals surface area contributed by atoms with Gasteiger partial charge in [-0.05, 0) is 36.8 Å². The summed E-state index contributed by atoms with van der Waals surface area (Å²) >= 11 is 0. The Bertz CT molecular complexity index is 443. The Labute approximate surface area is 108 Å². The molecular formula is C14H20N2O2. The van der Waals surface area contributed by atoms with Crippen LogP contribution in [0.15, 0.2) is 18.3 Å². The molecular weight excluding hydrogens is 228 g/mol. The second-order valence-electron chi connectivity index (χ2n) is 5.67. The van der Waals surface area contributed by atoms with Gasteiger partial charge in [0, 0.05) is 17.9 Å². The average Bonchev–Trinajstić information content (AvgIpc) is 2.68. The molecule has 0 saturated heterocycles.